The molecule has 234 valence electrons. The first kappa shape index (κ1) is 33.1. The van der Waals surface area contributed by atoms with Crippen LogP contribution in [0, 0.1) is 0 Å². The van der Waals surface area contributed by atoms with E-state index in [9.17, 15) is 14.4 Å². The maximum absolute atomic E-state index is 13.5. The van der Waals surface area contributed by atoms with Crippen molar-refractivity contribution in [2.24, 2.45) is 0 Å². The third-order valence-electron chi connectivity index (χ3n) is 8.00. The summed E-state index contributed by atoms with van der Waals surface area (Å²) < 4.78 is 36.4. The molecule has 0 bridgehead atoms. The lowest BCUT2D eigenvalue weighted by atomic mass is 9.97. The van der Waals surface area contributed by atoms with E-state index in [1.165, 1.54) is 7.11 Å². The summed E-state index contributed by atoms with van der Waals surface area (Å²) in [6.07, 6.45) is -5.93. The molecule has 1 heterocycles. The zero-order valence-electron chi connectivity index (χ0n) is 25.9. The fourth-order valence-electron chi connectivity index (χ4n) is 4.41. The molecule has 44 heavy (non-hydrogen) atoms. The Morgan fingerprint density at radius 2 is 1.05 bits per heavy atom. The van der Waals surface area contributed by atoms with E-state index in [1.54, 1.807) is 91.0 Å². The fraction of sp³-hybridized carbons (Fsp3) is 0.382. The molecule has 4 rings (SSSR count). The van der Waals surface area contributed by atoms with Crippen LogP contribution in [0.5, 0.6) is 0 Å². The highest BCUT2D eigenvalue weighted by atomic mass is 28.4. The number of hydrogen-bond acceptors (Lipinski definition) is 9. The first-order chi connectivity index (χ1) is 20.9. The van der Waals surface area contributed by atoms with Crippen molar-refractivity contribution in [1.29, 1.82) is 0 Å². The van der Waals surface area contributed by atoms with Gasteiger partial charge in [0.15, 0.2) is 32.9 Å². The monoisotopic (exact) mass is 620 g/mol. The summed E-state index contributed by atoms with van der Waals surface area (Å²) in [5, 5.41) is -0.120. The normalized spacial score (nSPS) is 22.1. The SMILES string of the molecule is CO[C@H]1O[C@H](CO[Si](C)(C)C(C)(C)C)[C@@H](OC(=O)c2ccccc2)[C@H](OC(=O)c2ccccc2)[C@@H]1OC(=O)c1ccccc1. The Labute approximate surface area is 259 Å². The predicted molar refractivity (Wildman–Crippen MR) is 166 cm³/mol. The first-order valence-corrected chi connectivity index (χ1v) is 17.4. The van der Waals surface area contributed by atoms with Crippen molar-refractivity contribution in [3.63, 3.8) is 0 Å². The van der Waals surface area contributed by atoms with E-state index >= 15 is 0 Å². The number of carbonyl (C=O) groups excluding carboxylic acids is 3. The smallest absolute Gasteiger partial charge is 0.338 e. The van der Waals surface area contributed by atoms with Crippen LogP contribution in [-0.2, 0) is 28.1 Å². The van der Waals surface area contributed by atoms with Crippen molar-refractivity contribution in [3.8, 4) is 0 Å². The Morgan fingerprint density at radius 1 is 0.659 bits per heavy atom. The van der Waals surface area contributed by atoms with Crippen molar-refractivity contribution in [3.05, 3.63) is 108 Å². The third-order valence-corrected chi connectivity index (χ3v) is 12.5. The zero-order valence-corrected chi connectivity index (χ0v) is 26.9. The van der Waals surface area contributed by atoms with Gasteiger partial charge in [-0.1, -0.05) is 75.4 Å². The molecule has 1 aliphatic rings. The van der Waals surface area contributed by atoms with Crippen LogP contribution < -0.4 is 0 Å². The number of hydrogen-bond donors (Lipinski definition) is 0. The zero-order chi connectivity index (χ0) is 31.9. The van der Waals surface area contributed by atoms with E-state index in [0.29, 0.717) is 0 Å². The quantitative estimate of drug-likeness (QED) is 0.152. The topological polar surface area (TPSA) is 107 Å². The highest BCUT2D eigenvalue weighted by Crippen LogP contribution is 2.38. The van der Waals surface area contributed by atoms with Crippen LogP contribution in [0.15, 0.2) is 91.0 Å². The van der Waals surface area contributed by atoms with Gasteiger partial charge in [-0.05, 0) is 54.5 Å². The standard InChI is InChI=1S/C34H40O9Si/c1-34(2,3)44(5,6)39-22-26-27(41-30(35)23-16-10-7-11-17-23)28(42-31(36)24-18-12-8-13-19-24)29(33(38-4)40-26)43-32(37)25-20-14-9-15-21-25/h7-21,26-29,33H,22H2,1-6H3/t26-,27-,28+,29+,33+/m1/s1. The molecule has 0 N–H and O–H groups in total. The van der Waals surface area contributed by atoms with Crippen molar-refractivity contribution in [2.75, 3.05) is 13.7 Å². The molecule has 5 atom stereocenters. The summed E-state index contributed by atoms with van der Waals surface area (Å²) in [6, 6.07) is 25.2. The summed E-state index contributed by atoms with van der Waals surface area (Å²) in [6.45, 7) is 10.5. The van der Waals surface area contributed by atoms with Gasteiger partial charge in [-0.25, -0.2) is 14.4 Å². The molecule has 1 fully saturated rings. The second-order valence-corrected chi connectivity index (χ2v) is 16.9. The molecule has 9 nitrogen and oxygen atoms in total. The van der Waals surface area contributed by atoms with E-state index in [1.807, 2.05) is 0 Å². The summed E-state index contributed by atoms with van der Waals surface area (Å²) in [7, 11) is -0.908. The van der Waals surface area contributed by atoms with E-state index in [4.69, 9.17) is 28.1 Å². The van der Waals surface area contributed by atoms with Gasteiger partial charge in [0.1, 0.15) is 6.10 Å². The second kappa shape index (κ2) is 14.3. The van der Waals surface area contributed by atoms with Gasteiger partial charge in [-0.2, -0.15) is 0 Å². The molecule has 0 saturated carbocycles. The van der Waals surface area contributed by atoms with Crippen molar-refractivity contribution in [2.45, 2.75) is 69.6 Å². The van der Waals surface area contributed by atoms with Gasteiger partial charge in [0.05, 0.1) is 23.3 Å². The van der Waals surface area contributed by atoms with Gasteiger partial charge in [-0.3, -0.25) is 0 Å². The van der Waals surface area contributed by atoms with Crippen LogP contribution in [0.4, 0.5) is 0 Å². The van der Waals surface area contributed by atoms with E-state index in [2.05, 4.69) is 33.9 Å². The average molecular weight is 621 g/mol. The molecule has 3 aromatic rings. The van der Waals surface area contributed by atoms with E-state index in [0.717, 1.165) is 0 Å². The molecule has 0 spiro atoms. The van der Waals surface area contributed by atoms with Gasteiger partial charge in [-0.15, -0.1) is 0 Å². The number of esters is 3. The van der Waals surface area contributed by atoms with Gasteiger partial charge in [0.2, 0.25) is 0 Å². The summed E-state index contributed by atoms with van der Waals surface area (Å²) in [4.78, 5) is 40.2. The Hall–Kier alpha value is -3.83. The number of rotatable bonds is 10. The fourth-order valence-corrected chi connectivity index (χ4v) is 5.42. The Balaban J connectivity index is 1.74. The summed E-state index contributed by atoms with van der Waals surface area (Å²) in [5.74, 6) is -2.05. The lowest BCUT2D eigenvalue weighted by Crippen LogP contribution is -2.63. The molecule has 0 aromatic heterocycles. The van der Waals surface area contributed by atoms with Crippen molar-refractivity contribution in [1.82, 2.24) is 0 Å². The van der Waals surface area contributed by atoms with Crippen LogP contribution in [0.25, 0.3) is 0 Å². The van der Waals surface area contributed by atoms with E-state index in [-0.39, 0.29) is 28.3 Å². The Bertz CT molecular complexity index is 1390. The molecule has 1 saturated heterocycles. The van der Waals surface area contributed by atoms with Crippen LogP contribution in [0.2, 0.25) is 18.1 Å². The lowest BCUT2D eigenvalue weighted by molar-refractivity contribution is -0.291. The van der Waals surface area contributed by atoms with Gasteiger partial charge in [0.25, 0.3) is 0 Å². The third kappa shape index (κ3) is 8.00. The van der Waals surface area contributed by atoms with E-state index < -0.39 is 56.9 Å². The van der Waals surface area contributed by atoms with Crippen molar-refractivity contribution < 1.29 is 42.5 Å². The van der Waals surface area contributed by atoms with Crippen LogP contribution in [0.1, 0.15) is 51.8 Å². The predicted octanol–water partition coefficient (Wildman–Crippen LogP) is 6.06. The lowest BCUT2D eigenvalue weighted by Gasteiger charge is -2.45. The number of carbonyl (C=O) groups is 3. The molecule has 3 aromatic carbocycles. The number of methoxy groups -OCH3 is 1. The summed E-state index contributed by atoms with van der Waals surface area (Å²) >= 11 is 0. The molecular formula is C34H40O9Si. The van der Waals surface area contributed by atoms with Gasteiger partial charge in [0, 0.05) is 7.11 Å². The van der Waals surface area contributed by atoms with Gasteiger partial charge < -0.3 is 28.1 Å². The molecular weight excluding hydrogens is 580 g/mol. The van der Waals surface area contributed by atoms with Gasteiger partial charge >= 0.3 is 17.9 Å². The maximum atomic E-state index is 13.5. The molecule has 0 amide bonds. The minimum atomic E-state index is -2.30. The largest absolute Gasteiger partial charge is 0.452 e. The van der Waals surface area contributed by atoms with Crippen LogP contribution in [0.3, 0.4) is 0 Å². The minimum Gasteiger partial charge on any atom is -0.452 e. The molecule has 0 unspecified atom stereocenters. The highest BCUT2D eigenvalue weighted by Gasteiger charge is 2.53. The summed E-state index contributed by atoms with van der Waals surface area (Å²) in [5.41, 5.74) is 0.830. The number of benzene rings is 3. The number of ether oxygens (including phenoxy) is 5. The van der Waals surface area contributed by atoms with Crippen LogP contribution in [-0.4, -0.2) is 70.6 Å². The highest BCUT2D eigenvalue weighted by molar-refractivity contribution is 6.74. The Morgan fingerprint density at radius 3 is 1.43 bits per heavy atom. The molecule has 0 aliphatic carbocycles. The maximum Gasteiger partial charge on any atom is 0.338 e. The Kier molecular flexibility index (Phi) is 10.7. The molecule has 1 aliphatic heterocycles. The molecule has 10 heteroatoms. The second-order valence-electron chi connectivity index (χ2n) is 12.1. The molecule has 0 radical (unpaired) electrons. The minimum absolute atomic E-state index is 0.0157. The van der Waals surface area contributed by atoms with Crippen molar-refractivity contribution >= 4 is 26.2 Å². The first-order valence-electron chi connectivity index (χ1n) is 14.5. The van der Waals surface area contributed by atoms with Crippen LogP contribution >= 0.6 is 0 Å². The average Bonchev–Trinajstić information content (AvgIpc) is 3.02.